The summed E-state index contributed by atoms with van der Waals surface area (Å²) < 4.78 is 18.7. The van der Waals surface area contributed by atoms with Crippen LogP contribution in [0.25, 0.3) is 11.1 Å². The Morgan fingerprint density at radius 1 is 1.23 bits per heavy atom. The lowest BCUT2D eigenvalue weighted by atomic mass is 10.0. The second kappa shape index (κ2) is 7.27. The third kappa shape index (κ3) is 3.77. The molecule has 1 N–H and O–H groups in total. The minimum absolute atomic E-state index is 0.00218. The van der Waals surface area contributed by atoms with Crippen LogP contribution in [0.15, 0.2) is 36.4 Å². The van der Waals surface area contributed by atoms with Crippen LogP contribution in [0.1, 0.15) is 30.1 Å². The molecule has 3 nitrogen and oxygen atoms in total. The van der Waals surface area contributed by atoms with Gasteiger partial charge in [0.2, 0.25) is 0 Å². The van der Waals surface area contributed by atoms with Crippen molar-refractivity contribution in [1.29, 1.82) is 0 Å². The van der Waals surface area contributed by atoms with Crippen molar-refractivity contribution in [2.45, 2.75) is 19.8 Å². The molecule has 2 aromatic rings. The van der Waals surface area contributed by atoms with E-state index in [2.05, 4.69) is 0 Å². The predicted octanol–water partition coefficient (Wildman–Crippen LogP) is 5.02. The molecule has 0 bridgehead atoms. The first kappa shape index (κ1) is 16.3. The minimum atomic E-state index is -1.07. The Morgan fingerprint density at radius 2 is 1.91 bits per heavy atom. The summed E-state index contributed by atoms with van der Waals surface area (Å²) in [6.07, 6.45) is 1.82. The van der Waals surface area contributed by atoms with Gasteiger partial charge in [0.1, 0.15) is 17.1 Å². The summed E-state index contributed by atoms with van der Waals surface area (Å²) in [7, 11) is 0. The first-order chi connectivity index (χ1) is 10.5. The van der Waals surface area contributed by atoms with Crippen molar-refractivity contribution in [3.63, 3.8) is 0 Å². The second-order valence-electron chi connectivity index (χ2n) is 4.85. The maximum atomic E-state index is 13.2. The monoisotopic (exact) mass is 322 g/mol. The molecule has 0 fully saturated rings. The lowest BCUT2D eigenvalue weighted by molar-refractivity contribution is 0.0692. The van der Waals surface area contributed by atoms with Crippen molar-refractivity contribution in [3.8, 4) is 16.9 Å². The molecule has 5 heteroatoms. The van der Waals surface area contributed by atoms with E-state index in [0.717, 1.165) is 12.8 Å². The average Bonchev–Trinajstić information content (AvgIpc) is 2.50. The molecule has 0 atom stereocenters. The molecule has 2 aromatic carbocycles. The number of carbonyl (C=O) groups is 1. The van der Waals surface area contributed by atoms with Crippen molar-refractivity contribution in [3.05, 3.63) is 52.8 Å². The van der Waals surface area contributed by atoms with Crippen LogP contribution in [0.5, 0.6) is 5.75 Å². The third-order valence-electron chi connectivity index (χ3n) is 3.22. The van der Waals surface area contributed by atoms with E-state index in [0.29, 0.717) is 23.5 Å². The first-order valence-electron chi connectivity index (χ1n) is 6.98. The normalized spacial score (nSPS) is 10.5. The van der Waals surface area contributed by atoms with Gasteiger partial charge in [0.15, 0.2) is 0 Å². The van der Waals surface area contributed by atoms with E-state index in [1.807, 2.05) is 6.92 Å². The van der Waals surface area contributed by atoms with Crippen LogP contribution in [-0.2, 0) is 0 Å². The van der Waals surface area contributed by atoms with Crippen molar-refractivity contribution in [2.75, 3.05) is 6.61 Å². The van der Waals surface area contributed by atoms with E-state index >= 15 is 0 Å². The van der Waals surface area contributed by atoms with Gasteiger partial charge in [-0.05, 0) is 41.8 Å². The number of carboxylic acid groups (broad SMARTS) is 1. The van der Waals surface area contributed by atoms with Crippen LogP contribution in [-0.4, -0.2) is 17.7 Å². The van der Waals surface area contributed by atoms with Crippen molar-refractivity contribution in [1.82, 2.24) is 0 Å². The van der Waals surface area contributed by atoms with E-state index in [1.165, 1.54) is 18.2 Å². The van der Waals surface area contributed by atoms with E-state index in [1.54, 1.807) is 18.2 Å². The zero-order chi connectivity index (χ0) is 16.1. The van der Waals surface area contributed by atoms with Gasteiger partial charge in [0.05, 0.1) is 11.6 Å². The summed E-state index contributed by atoms with van der Waals surface area (Å²) in [5, 5.41) is 9.32. The topological polar surface area (TPSA) is 46.5 Å². The highest BCUT2D eigenvalue weighted by Crippen LogP contribution is 2.29. The predicted molar refractivity (Wildman–Crippen MR) is 84.2 cm³/mol. The van der Waals surface area contributed by atoms with Crippen LogP contribution in [0, 0.1) is 5.82 Å². The van der Waals surface area contributed by atoms with Crippen LogP contribution in [0.2, 0.25) is 5.02 Å². The number of hydrogen-bond donors (Lipinski definition) is 1. The Bertz CT molecular complexity index is 686. The summed E-state index contributed by atoms with van der Waals surface area (Å²) in [5.74, 6) is -1.25. The summed E-state index contributed by atoms with van der Waals surface area (Å²) >= 11 is 5.77. The molecule has 22 heavy (non-hydrogen) atoms. The Balaban J connectivity index is 2.36. The highest BCUT2D eigenvalue weighted by atomic mass is 35.5. The maximum absolute atomic E-state index is 13.2. The molecule has 2 rings (SSSR count). The largest absolute Gasteiger partial charge is 0.493 e. The Hall–Kier alpha value is -2.07. The smallest absolute Gasteiger partial charge is 0.339 e. The quantitative estimate of drug-likeness (QED) is 0.759. The molecular weight excluding hydrogens is 307 g/mol. The lowest BCUT2D eigenvalue weighted by Gasteiger charge is -2.11. The summed E-state index contributed by atoms with van der Waals surface area (Å²) in [4.78, 5) is 11.4. The number of aromatic carboxylic acids is 1. The van der Waals surface area contributed by atoms with Gasteiger partial charge in [-0.25, -0.2) is 9.18 Å². The molecule has 0 saturated carbocycles. The fourth-order valence-electron chi connectivity index (χ4n) is 2.00. The molecule has 0 aromatic heterocycles. The second-order valence-corrected chi connectivity index (χ2v) is 5.25. The molecule has 0 heterocycles. The highest BCUT2D eigenvalue weighted by Gasteiger charge is 2.13. The SMILES string of the molecule is CCCCOc1ccc(-c2ccc(F)c(Cl)c2)cc1C(=O)O. The van der Waals surface area contributed by atoms with Gasteiger partial charge in [-0.15, -0.1) is 0 Å². The van der Waals surface area contributed by atoms with Crippen LogP contribution >= 0.6 is 11.6 Å². The van der Waals surface area contributed by atoms with E-state index in [-0.39, 0.29) is 10.6 Å². The maximum Gasteiger partial charge on any atom is 0.339 e. The molecule has 0 amide bonds. The lowest BCUT2D eigenvalue weighted by Crippen LogP contribution is -2.04. The minimum Gasteiger partial charge on any atom is -0.493 e. The van der Waals surface area contributed by atoms with Crippen molar-refractivity contribution >= 4 is 17.6 Å². The van der Waals surface area contributed by atoms with Gasteiger partial charge in [0.25, 0.3) is 0 Å². The molecule has 0 aliphatic carbocycles. The molecular formula is C17H16ClFO3. The molecule has 0 aliphatic rings. The van der Waals surface area contributed by atoms with Crippen molar-refractivity contribution < 1.29 is 19.0 Å². The summed E-state index contributed by atoms with van der Waals surface area (Å²) in [5.41, 5.74) is 1.37. The van der Waals surface area contributed by atoms with Gasteiger partial charge < -0.3 is 9.84 Å². The molecule has 0 saturated heterocycles. The molecule has 0 aliphatic heterocycles. The van der Waals surface area contributed by atoms with Gasteiger partial charge in [-0.1, -0.05) is 37.1 Å². The number of unbranched alkanes of at least 4 members (excludes halogenated alkanes) is 1. The first-order valence-corrected chi connectivity index (χ1v) is 7.36. The highest BCUT2D eigenvalue weighted by molar-refractivity contribution is 6.31. The number of halogens is 2. The van der Waals surface area contributed by atoms with Gasteiger partial charge in [-0.2, -0.15) is 0 Å². The zero-order valence-corrected chi connectivity index (χ0v) is 12.9. The van der Waals surface area contributed by atoms with Gasteiger partial charge in [0, 0.05) is 0 Å². The Labute approximate surface area is 133 Å². The summed E-state index contributed by atoms with van der Waals surface area (Å²) in [6.45, 7) is 2.50. The van der Waals surface area contributed by atoms with Crippen molar-refractivity contribution in [2.24, 2.45) is 0 Å². The van der Waals surface area contributed by atoms with Gasteiger partial charge >= 0.3 is 5.97 Å². The Kier molecular flexibility index (Phi) is 5.39. The zero-order valence-electron chi connectivity index (χ0n) is 12.1. The third-order valence-corrected chi connectivity index (χ3v) is 3.51. The summed E-state index contributed by atoms with van der Waals surface area (Å²) in [6, 6.07) is 9.13. The fraction of sp³-hybridized carbons (Fsp3) is 0.235. The number of carboxylic acids is 1. The molecule has 116 valence electrons. The van der Waals surface area contributed by atoms with Crippen LogP contribution in [0.3, 0.4) is 0 Å². The van der Waals surface area contributed by atoms with Gasteiger partial charge in [-0.3, -0.25) is 0 Å². The van der Waals surface area contributed by atoms with Crippen LogP contribution in [0.4, 0.5) is 4.39 Å². The van der Waals surface area contributed by atoms with E-state index < -0.39 is 11.8 Å². The molecule has 0 spiro atoms. The van der Waals surface area contributed by atoms with E-state index in [4.69, 9.17) is 16.3 Å². The standard InChI is InChI=1S/C17H16ClFO3/c1-2-3-8-22-16-7-5-11(9-13(16)17(20)21)12-4-6-15(19)14(18)10-12/h4-7,9-10H,2-3,8H2,1H3,(H,20,21). The van der Waals surface area contributed by atoms with Crippen LogP contribution < -0.4 is 4.74 Å². The average molecular weight is 323 g/mol. The Morgan fingerprint density at radius 3 is 2.55 bits per heavy atom. The number of hydrogen-bond acceptors (Lipinski definition) is 2. The molecule has 0 radical (unpaired) electrons. The fourth-order valence-corrected chi connectivity index (χ4v) is 2.19. The molecule has 0 unspecified atom stereocenters. The number of benzene rings is 2. The van der Waals surface area contributed by atoms with E-state index in [9.17, 15) is 14.3 Å². The number of rotatable bonds is 6. The number of ether oxygens (including phenoxy) is 1.